The predicted molar refractivity (Wildman–Crippen MR) is 92.5 cm³/mol. The first kappa shape index (κ1) is 15.7. The molecule has 6 heteroatoms. The van der Waals surface area contributed by atoms with Crippen LogP contribution in [0.15, 0.2) is 29.6 Å². The van der Waals surface area contributed by atoms with Crippen LogP contribution in [-0.2, 0) is 11.3 Å². The van der Waals surface area contributed by atoms with Gasteiger partial charge in [-0.3, -0.25) is 9.69 Å². The number of hydrogen-bond donors (Lipinski definition) is 0. The van der Waals surface area contributed by atoms with E-state index in [-0.39, 0.29) is 17.1 Å². The van der Waals surface area contributed by atoms with Crippen molar-refractivity contribution >= 4 is 22.9 Å². The van der Waals surface area contributed by atoms with E-state index >= 15 is 0 Å². The number of carbonyl (C=O) groups is 1. The summed E-state index contributed by atoms with van der Waals surface area (Å²) in [5.74, 6) is -0.194. The summed E-state index contributed by atoms with van der Waals surface area (Å²) >= 11 is 1.68. The molecule has 1 unspecified atom stereocenters. The van der Waals surface area contributed by atoms with Gasteiger partial charge in [0.05, 0.1) is 10.7 Å². The fourth-order valence-electron chi connectivity index (χ4n) is 3.92. The topological polar surface area (TPSA) is 36.4 Å². The highest BCUT2D eigenvalue weighted by molar-refractivity contribution is 7.09. The molecule has 2 saturated heterocycles. The minimum absolute atomic E-state index is 0.00549. The Morgan fingerprint density at radius 1 is 1.38 bits per heavy atom. The molecule has 0 aliphatic carbocycles. The van der Waals surface area contributed by atoms with E-state index < -0.39 is 0 Å². The van der Waals surface area contributed by atoms with Crippen molar-refractivity contribution in [2.75, 3.05) is 24.5 Å². The Morgan fingerprint density at radius 2 is 2.25 bits per heavy atom. The second-order valence-electron chi connectivity index (χ2n) is 6.96. The molecule has 1 aromatic heterocycles. The first-order valence-electron chi connectivity index (χ1n) is 8.22. The van der Waals surface area contributed by atoms with Crippen LogP contribution in [0.25, 0.3) is 0 Å². The minimum Gasteiger partial charge on any atom is -0.312 e. The Bertz CT molecular complexity index is 777. The molecule has 2 fully saturated rings. The van der Waals surface area contributed by atoms with Crippen LogP contribution in [0.4, 0.5) is 10.1 Å². The van der Waals surface area contributed by atoms with E-state index in [9.17, 15) is 9.18 Å². The molecule has 2 aromatic rings. The van der Waals surface area contributed by atoms with Gasteiger partial charge in [0.2, 0.25) is 5.91 Å². The van der Waals surface area contributed by atoms with Crippen molar-refractivity contribution in [3.8, 4) is 0 Å². The molecule has 4 nitrogen and oxygen atoms in total. The highest BCUT2D eigenvalue weighted by Crippen LogP contribution is 2.42. The quantitative estimate of drug-likeness (QED) is 0.857. The number of benzene rings is 1. The number of halogens is 1. The Hall–Kier alpha value is -1.79. The molecular weight excluding hydrogens is 325 g/mol. The highest BCUT2D eigenvalue weighted by Gasteiger charge is 2.47. The van der Waals surface area contributed by atoms with Crippen molar-refractivity contribution in [3.63, 3.8) is 0 Å². The van der Waals surface area contributed by atoms with E-state index in [0.717, 1.165) is 36.8 Å². The average Bonchev–Trinajstić information content (AvgIpc) is 3.21. The second kappa shape index (κ2) is 5.93. The number of carbonyl (C=O) groups excluding carboxylic acids is 1. The molecule has 0 radical (unpaired) electrons. The SMILES string of the molecule is Cc1nc(CN2CCC3(CC(=O)N(c4cccc(F)c4)C3)C2)cs1. The largest absolute Gasteiger partial charge is 0.312 e. The molecule has 1 amide bonds. The lowest BCUT2D eigenvalue weighted by Crippen LogP contribution is -2.31. The van der Waals surface area contributed by atoms with Gasteiger partial charge in [-0.2, -0.15) is 0 Å². The van der Waals surface area contributed by atoms with Crippen molar-refractivity contribution < 1.29 is 9.18 Å². The van der Waals surface area contributed by atoms with Gasteiger partial charge in [0, 0.05) is 42.5 Å². The molecule has 1 spiro atoms. The summed E-state index contributed by atoms with van der Waals surface area (Å²) in [5.41, 5.74) is 1.78. The third-order valence-corrected chi connectivity index (χ3v) is 5.83. The molecule has 0 saturated carbocycles. The van der Waals surface area contributed by atoms with Crippen LogP contribution in [-0.4, -0.2) is 35.4 Å². The summed E-state index contributed by atoms with van der Waals surface area (Å²) in [5, 5.41) is 3.20. The molecule has 24 heavy (non-hydrogen) atoms. The maximum absolute atomic E-state index is 13.5. The normalized spacial score (nSPS) is 24.4. The van der Waals surface area contributed by atoms with Gasteiger partial charge in [0.15, 0.2) is 0 Å². The number of hydrogen-bond acceptors (Lipinski definition) is 4. The number of amides is 1. The van der Waals surface area contributed by atoms with E-state index in [1.807, 2.05) is 13.0 Å². The van der Waals surface area contributed by atoms with Gasteiger partial charge in [-0.1, -0.05) is 6.07 Å². The number of thiazole rings is 1. The van der Waals surface area contributed by atoms with Crippen LogP contribution >= 0.6 is 11.3 Å². The lowest BCUT2D eigenvalue weighted by atomic mass is 9.86. The van der Waals surface area contributed by atoms with Crippen LogP contribution in [0.5, 0.6) is 0 Å². The van der Waals surface area contributed by atoms with Crippen molar-refractivity contribution in [1.82, 2.24) is 9.88 Å². The van der Waals surface area contributed by atoms with Crippen LogP contribution in [0, 0.1) is 18.2 Å². The predicted octanol–water partition coefficient (Wildman–Crippen LogP) is 3.22. The van der Waals surface area contributed by atoms with Crippen LogP contribution < -0.4 is 4.90 Å². The molecule has 1 aromatic carbocycles. The number of likely N-dealkylation sites (tertiary alicyclic amines) is 1. The molecule has 4 rings (SSSR count). The first-order chi connectivity index (χ1) is 11.5. The van der Waals surface area contributed by atoms with Crippen molar-refractivity contribution in [1.29, 1.82) is 0 Å². The van der Waals surface area contributed by atoms with Crippen LogP contribution in [0.3, 0.4) is 0 Å². The molecule has 3 heterocycles. The third kappa shape index (κ3) is 2.96. The Balaban J connectivity index is 1.46. The monoisotopic (exact) mass is 345 g/mol. The van der Waals surface area contributed by atoms with Crippen LogP contribution in [0.2, 0.25) is 0 Å². The molecule has 126 valence electrons. The van der Waals surface area contributed by atoms with E-state index in [2.05, 4.69) is 15.3 Å². The second-order valence-corrected chi connectivity index (χ2v) is 8.02. The third-order valence-electron chi connectivity index (χ3n) is 5.01. The van der Waals surface area contributed by atoms with Gasteiger partial charge in [-0.25, -0.2) is 9.37 Å². The maximum atomic E-state index is 13.5. The molecule has 0 N–H and O–H groups in total. The van der Waals surface area contributed by atoms with Crippen LogP contribution in [0.1, 0.15) is 23.5 Å². The Labute approximate surface area is 144 Å². The van der Waals surface area contributed by atoms with Gasteiger partial charge < -0.3 is 4.90 Å². The van der Waals surface area contributed by atoms with Crippen molar-refractivity contribution in [2.45, 2.75) is 26.3 Å². The lowest BCUT2D eigenvalue weighted by Gasteiger charge is -2.24. The lowest BCUT2D eigenvalue weighted by molar-refractivity contribution is -0.117. The molecule has 2 aliphatic heterocycles. The zero-order valence-corrected chi connectivity index (χ0v) is 14.5. The van der Waals surface area contributed by atoms with Gasteiger partial charge in [-0.05, 0) is 38.1 Å². The van der Waals surface area contributed by atoms with Gasteiger partial charge in [0.1, 0.15) is 5.82 Å². The van der Waals surface area contributed by atoms with Crippen molar-refractivity contribution in [2.24, 2.45) is 5.41 Å². The smallest absolute Gasteiger partial charge is 0.227 e. The van der Waals surface area contributed by atoms with E-state index in [0.29, 0.717) is 18.7 Å². The number of anilines is 1. The molecular formula is C18H20FN3OS. The average molecular weight is 345 g/mol. The van der Waals surface area contributed by atoms with Crippen molar-refractivity contribution in [3.05, 3.63) is 46.2 Å². The summed E-state index contributed by atoms with van der Waals surface area (Å²) < 4.78 is 13.5. The summed E-state index contributed by atoms with van der Waals surface area (Å²) in [6.07, 6.45) is 1.56. The summed E-state index contributed by atoms with van der Waals surface area (Å²) in [6.45, 7) is 5.44. The summed E-state index contributed by atoms with van der Waals surface area (Å²) in [4.78, 5) is 21.2. The van der Waals surface area contributed by atoms with E-state index in [4.69, 9.17) is 0 Å². The summed E-state index contributed by atoms with van der Waals surface area (Å²) in [7, 11) is 0. The van der Waals surface area contributed by atoms with Gasteiger partial charge >= 0.3 is 0 Å². The number of aromatic nitrogens is 1. The van der Waals surface area contributed by atoms with E-state index in [1.54, 1.807) is 22.3 Å². The maximum Gasteiger partial charge on any atom is 0.227 e. The minimum atomic E-state index is -0.298. The number of nitrogens with zero attached hydrogens (tertiary/aromatic N) is 3. The number of rotatable bonds is 3. The standard InChI is InChI=1S/C18H20FN3OS/c1-13-20-15(10-24-13)9-21-6-5-18(11-21)8-17(23)22(12-18)16-4-2-3-14(19)7-16/h2-4,7,10H,5-6,8-9,11-12H2,1H3. The molecule has 1 atom stereocenters. The zero-order chi connectivity index (χ0) is 16.7. The van der Waals surface area contributed by atoms with Gasteiger partial charge in [0.25, 0.3) is 0 Å². The molecule has 2 aliphatic rings. The van der Waals surface area contributed by atoms with E-state index in [1.165, 1.54) is 12.1 Å². The molecule has 0 bridgehead atoms. The zero-order valence-electron chi connectivity index (χ0n) is 13.7. The Kier molecular flexibility index (Phi) is 3.89. The number of aryl methyl sites for hydroxylation is 1. The van der Waals surface area contributed by atoms with Gasteiger partial charge in [-0.15, -0.1) is 11.3 Å². The highest BCUT2D eigenvalue weighted by atomic mass is 32.1. The fraction of sp³-hybridized carbons (Fsp3) is 0.444. The first-order valence-corrected chi connectivity index (χ1v) is 9.10. The fourth-order valence-corrected chi connectivity index (χ4v) is 4.52. The Morgan fingerprint density at radius 3 is 3.00 bits per heavy atom. The summed E-state index contributed by atoms with van der Waals surface area (Å²) in [6, 6.07) is 6.33.